The van der Waals surface area contributed by atoms with E-state index < -0.39 is 0 Å². The Labute approximate surface area is 183 Å². The second-order valence-electron chi connectivity index (χ2n) is 6.90. The van der Waals surface area contributed by atoms with Gasteiger partial charge in [-0.1, -0.05) is 84.9 Å². The summed E-state index contributed by atoms with van der Waals surface area (Å²) in [7, 11) is 0. The molecule has 1 aromatic heterocycles. The van der Waals surface area contributed by atoms with Crippen LogP contribution in [0.1, 0.15) is 22.7 Å². The fourth-order valence-electron chi connectivity index (χ4n) is 3.53. The van der Waals surface area contributed by atoms with Crippen LogP contribution < -0.4 is 22.3 Å². The van der Waals surface area contributed by atoms with E-state index in [9.17, 15) is 4.79 Å². The van der Waals surface area contributed by atoms with E-state index in [4.69, 9.17) is 0 Å². The van der Waals surface area contributed by atoms with Gasteiger partial charge in [-0.25, -0.2) is 4.98 Å². The van der Waals surface area contributed by atoms with Crippen LogP contribution >= 0.6 is 0 Å². The van der Waals surface area contributed by atoms with Gasteiger partial charge in [0.2, 0.25) is 5.91 Å². The number of benzene rings is 3. The molecule has 1 heterocycles. The predicted molar refractivity (Wildman–Crippen MR) is 115 cm³/mol. The van der Waals surface area contributed by atoms with E-state index in [1.807, 2.05) is 120 Å². The second kappa shape index (κ2) is 10.4. The fraction of sp³-hybridized carbons (Fsp3) is 0.0769. The molecule has 0 aliphatic rings. The Morgan fingerprint density at radius 2 is 1.20 bits per heavy atom. The molecule has 0 saturated heterocycles. The third-order valence-electron chi connectivity index (χ3n) is 4.95. The molecule has 0 aliphatic carbocycles. The molecule has 1 amide bonds. The molecule has 4 rings (SSSR count). The maximum Gasteiger partial charge on any atom is 0.239 e. The van der Waals surface area contributed by atoms with E-state index in [-0.39, 0.29) is 24.2 Å². The first-order valence-electron chi connectivity index (χ1n) is 9.75. The quantitative estimate of drug-likeness (QED) is 0.474. The van der Waals surface area contributed by atoms with Gasteiger partial charge in [0, 0.05) is 17.8 Å². The van der Waals surface area contributed by atoms with Crippen LogP contribution in [0.4, 0.5) is 5.69 Å². The molecule has 0 fully saturated rings. The number of hydrogen-bond acceptors (Lipinski definition) is 1. The number of nitrogens with one attached hydrogen (secondary N) is 1. The van der Waals surface area contributed by atoms with Crippen molar-refractivity contribution in [3.05, 3.63) is 132 Å². The minimum absolute atomic E-state index is 0. The average molecular weight is 415 g/mol. The van der Waals surface area contributed by atoms with Gasteiger partial charge in [-0.05, 0) is 23.3 Å². The Bertz CT molecular complexity index is 1000. The van der Waals surface area contributed by atoms with Gasteiger partial charge < -0.3 is 17.3 Å². The number of anilines is 1. The van der Waals surface area contributed by atoms with Crippen LogP contribution in [-0.2, 0) is 11.3 Å². The van der Waals surface area contributed by atoms with Gasteiger partial charge in [0.1, 0.15) is 6.54 Å². The lowest BCUT2D eigenvalue weighted by molar-refractivity contribution is -0.390. The predicted octanol–water partition coefficient (Wildman–Crippen LogP) is 1.87. The molecular weight excluding hydrogens is 392 g/mol. The molecule has 4 heteroatoms. The van der Waals surface area contributed by atoms with Crippen LogP contribution in [0.5, 0.6) is 0 Å². The molecule has 150 valence electrons. The molecule has 0 spiro atoms. The highest BCUT2D eigenvalue weighted by molar-refractivity contribution is 6.00. The number of carbonyl (C=O) groups excluding carboxylic acids is 1. The molecule has 0 atom stereocenters. The van der Waals surface area contributed by atoms with E-state index in [1.165, 1.54) is 0 Å². The molecule has 3 aromatic carbocycles. The van der Waals surface area contributed by atoms with Crippen LogP contribution in [0, 0.1) is 0 Å². The molecule has 0 radical (unpaired) electrons. The molecule has 0 bridgehead atoms. The molecule has 30 heavy (non-hydrogen) atoms. The summed E-state index contributed by atoms with van der Waals surface area (Å²) in [6.45, 7) is 0.472. The summed E-state index contributed by atoms with van der Waals surface area (Å²) in [5.74, 6) is -0.327. The summed E-state index contributed by atoms with van der Waals surface area (Å²) in [5.41, 5.74) is 3.83. The number of carbonyl (C=O) groups is 1. The number of amides is 1. The number of hydrogen-bond donors (Lipinski definition) is 0. The van der Waals surface area contributed by atoms with Crippen molar-refractivity contribution in [1.29, 1.82) is 0 Å². The van der Waals surface area contributed by atoms with Crippen molar-refractivity contribution < 1.29 is 22.2 Å². The van der Waals surface area contributed by atoms with Crippen molar-refractivity contribution in [3.63, 3.8) is 0 Å². The average Bonchev–Trinajstić information content (AvgIpc) is 2.80. The minimum Gasteiger partial charge on any atom is -1.00 e. The topological polar surface area (TPSA) is 34.5 Å². The molecule has 3 nitrogen and oxygen atoms in total. The van der Waals surface area contributed by atoms with Crippen molar-refractivity contribution in [1.82, 2.24) is 0 Å². The summed E-state index contributed by atoms with van der Waals surface area (Å²) < 4.78 is 0. The summed E-state index contributed by atoms with van der Waals surface area (Å²) in [6, 6.07) is 35.7. The standard InChI is InChI=1S/C26H22N2O.ClH/c29-26(25(21-12-4-1-5-13-21)22-14-6-2-7-15-22)28(24-17-8-3-9-18-24)20-23-16-10-11-19-27-23;/h1-19,25H,20H2;1H. The zero-order valence-electron chi connectivity index (χ0n) is 16.5. The van der Waals surface area contributed by atoms with Crippen molar-refractivity contribution in [2.75, 3.05) is 4.90 Å². The van der Waals surface area contributed by atoms with Gasteiger partial charge in [0.05, 0.1) is 5.92 Å². The Kier molecular flexibility index (Phi) is 7.36. The highest BCUT2D eigenvalue weighted by atomic mass is 35.5. The van der Waals surface area contributed by atoms with Gasteiger partial charge in [-0.3, -0.25) is 4.79 Å². The molecule has 1 N–H and O–H groups in total. The second-order valence-corrected chi connectivity index (χ2v) is 6.90. The lowest BCUT2D eigenvalue weighted by atomic mass is 9.89. The van der Waals surface area contributed by atoms with Crippen molar-refractivity contribution >= 4 is 11.6 Å². The number of nitrogens with zero attached hydrogens (tertiary/aromatic N) is 1. The van der Waals surface area contributed by atoms with Crippen molar-refractivity contribution in [2.24, 2.45) is 0 Å². The smallest absolute Gasteiger partial charge is 0.239 e. The highest BCUT2D eigenvalue weighted by Gasteiger charge is 2.29. The maximum atomic E-state index is 14.0. The summed E-state index contributed by atoms with van der Waals surface area (Å²) >= 11 is 0. The van der Waals surface area contributed by atoms with Gasteiger partial charge >= 0.3 is 0 Å². The van der Waals surface area contributed by atoms with Gasteiger partial charge in [-0.2, -0.15) is 0 Å². The van der Waals surface area contributed by atoms with Gasteiger partial charge in [0.25, 0.3) is 0 Å². The SMILES string of the molecule is O=C(C(c1ccccc1)c1ccccc1)N(Cc1cccc[nH+]1)c1ccccc1.[Cl-]. The minimum atomic E-state index is -0.374. The van der Waals surface area contributed by atoms with Gasteiger partial charge in [0.15, 0.2) is 11.9 Å². The van der Waals surface area contributed by atoms with Crippen LogP contribution in [0.2, 0.25) is 0 Å². The first kappa shape index (κ1) is 21.3. The Morgan fingerprint density at radius 3 is 1.70 bits per heavy atom. The Morgan fingerprint density at radius 1 is 0.700 bits per heavy atom. The van der Waals surface area contributed by atoms with Gasteiger partial charge in [-0.15, -0.1) is 0 Å². The third-order valence-corrected chi connectivity index (χ3v) is 4.95. The lowest BCUT2D eigenvalue weighted by Gasteiger charge is -2.27. The Balaban J connectivity index is 0.00000256. The number of aromatic nitrogens is 1. The number of pyridine rings is 1. The zero-order chi connectivity index (χ0) is 19.9. The van der Waals surface area contributed by atoms with E-state index >= 15 is 0 Å². The van der Waals surface area contributed by atoms with E-state index in [1.54, 1.807) is 0 Å². The third kappa shape index (κ3) is 4.94. The summed E-state index contributed by atoms with van der Waals surface area (Å²) in [4.78, 5) is 19.1. The fourth-order valence-corrected chi connectivity index (χ4v) is 3.53. The van der Waals surface area contributed by atoms with E-state index in [2.05, 4.69) is 4.98 Å². The molecule has 0 saturated carbocycles. The van der Waals surface area contributed by atoms with Crippen LogP contribution in [0.15, 0.2) is 115 Å². The van der Waals surface area contributed by atoms with Crippen molar-refractivity contribution in [3.8, 4) is 0 Å². The van der Waals surface area contributed by atoms with Crippen molar-refractivity contribution in [2.45, 2.75) is 12.5 Å². The van der Waals surface area contributed by atoms with Crippen LogP contribution in [0.3, 0.4) is 0 Å². The van der Waals surface area contributed by atoms with E-state index in [0.717, 1.165) is 22.5 Å². The maximum absolute atomic E-state index is 14.0. The van der Waals surface area contributed by atoms with Crippen LogP contribution in [-0.4, -0.2) is 5.91 Å². The first-order valence-corrected chi connectivity index (χ1v) is 9.75. The number of H-pyrrole nitrogens is 1. The summed E-state index contributed by atoms with van der Waals surface area (Å²) in [5, 5.41) is 0. The number of halogens is 1. The monoisotopic (exact) mass is 414 g/mol. The number of para-hydroxylation sites is 1. The number of aromatic amines is 1. The highest BCUT2D eigenvalue weighted by Crippen LogP contribution is 2.29. The Hall–Kier alpha value is -3.43. The van der Waals surface area contributed by atoms with E-state index in [0.29, 0.717) is 6.54 Å². The normalized spacial score (nSPS) is 10.3. The summed E-state index contributed by atoms with van der Waals surface area (Å²) in [6.07, 6.45) is 1.88. The molecule has 0 aliphatic heterocycles. The zero-order valence-corrected chi connectivity index (χ0v) is 17.2. The lowest BCUT2D eigenvalue weighted by Crippen LogP contribution is -3.00. The number of rotatable bonds is 6. The largest absolute Gasteiger partial charge is 1.00 e. The molecule has 4 aromatic rings. The molecular formula is C26H23ClN2O. The molecule has 0 unspecified atom stereocenters. The van der Waals surface area contributed by atoms with Crippen LogP contribution in [0.25, 0.3) is 0 Å². The first-order chi connectivity index (χ1) is 14.3.